The molecule has 0 radical (unpaired) electrons. The highest BCUT2D eigenvalue weighted by Crippen LogP contribution is 2.44. The summed E-state index contributed by atoms with van der Waals surface area (Å²) in [5, 5.41) is 0. The normalized spacial score (nSPS) is 30.8. The van der Waals surface area contributed by atoms with Crippen molar-refractivity contribution in [1.29, 1.82) is 0 Å². The monoisotopic (exact) mass is 268 g/mol. The van der Waals surface area contributed by atoms with E-state index in [9.17, 15) is 8.42 Å². The molecule has 3 unspecified atom stereocenters. The third-order valence-electron chi connectivity index (χ3n) is 4.00. The van der Waals surface area contributed by atoms with E-state index in [1.165, 1.54) is 18.8 Å². The molecule has 2 fully saturated rings. The van der Waals surface area contributed by atoms with Crippen LogP contribution in [0.5, 0.6) is 0 Å². The Bertz CT molecular complexity index is 543. The number of fused-ring (bicyclic) bond motifs is 2. The molecule has 0 spiro atoms. The lowest BCUT2D eigenvalue weighted by Gasteiger charge is -2.22. The quantitative estimate of drug-likeness (QED) is 0.833. The first-order valence-corrected chi connectivity index (χ1v) is 7.63. The lowest BCUT2D eigenvalue weighted by molar-refractivity contribution is 0.390. The van der Waals surface area contributed by atoms with Gasteiger partial charge >= 0.3 is 0 Å². The zero-order valence-electron chi connectivity index (χ0n) is 9.91. The number of rotatable bonds is 3. The second kappa shape index (κ2) is 4.17. The minimum atomic E-state index is -3.51. The summed E-state index contributed by atoms with van der Waals surface area (Å²) in [5.41, 5.74) is 5.35. The largest absolute Gasteiger partial charge is 0.368 e. The molecule has 2 saturated carbocycles. The fourth-order valence-electron chi connectivity index (χ4n) is 3.12. The van der Waals surface area contributed by atoms with E-state index in [0.29, 0.717) is 11.8 Å². The van der Waals surface area contributed by atoms with Gasteiger partial charge in [0, 0.05) is 6.04 Å². The standard InChI is InChI=1S/C11H16N4O2S/c12-11-13-5-9(6-14-11)18(16,17)15-10-4-7-1-2-8(10)3-7/h5-8,10,15H,1-4H2,(H2,12,13,14). The van der Waals surface area contributed by atoms with Gasteiger partial charge < -0.3 is 5.73 Å². The second-order valence-corrected chi connectivity index (χ2v) is 6.89. The minimum Gasteiger partial charge on any atom is -0.368 e. The van der Waals surface area contributed by atoms with Gasteiger partial charge in [-0.05, 0) is 31.1 Å². The molecule has 3 rings (SSSR count). The number of nitrogens with one attached hydrogen (secondary N) is 1. The summed E-state index contributed by atoms with van der Waals surface area (Å²) in [6, 6.07) is 0.0753. The van der Waals surface area contributed by atoms with Gasteiger partial charge in [-0.15, -0.1) is 0 Å². The number of hydrogen-bond acceptors (Lipinski definition) is 5. The minimum absolute atomic E-state index is 0.0753. The third kappa shape index (κ3) is 2.08. The number of sulfonamides is 1. The van der Waals surface area contributed by atoms with Gasteiger partial charge in [-0.25, -0.2) is 23.1 Å². The first-order valence-electron chi connectivity index (χ1n) is 6.14. The molecule has 6 nitrogen and oxygen atoms in total. The highest BCUT2D eigenvalue weighted by atomic mass is 32.2. The van der Waals surface area contributed by atoms with Crippen molar-refractivity contribution in [3.05, 3.63) is 12.4 Å². The SMILES string of the molecule is Nc1ncc(S(=O)(=O)NC2CC3CCC2C3)cn1. The van der Waals surface area contributed by atoms with E-state index in [2.05, 4.69) is 14.7 Å². The Kier molecular flexibility index (Phi) is 2.74. The number of hydrogen-bond donors (Lipinski definition) is 2. The van der Waals surface area contributed by atoms with Gasteiger partial charge in [-0.3, -0.25) is 0 Å². The van der Waals surface area contributed by atoms with Crippen molar-refractivity contribution in [2.24, 2.45) is 11.8 Å². The molecule has 0 amide bonds. The summed E-state index contributed by atoms with van der Waals surface area (Å²) in [6.45, 7) is 0. The molecule has 0 aromatic carbocycles. The van der Waals surface area contributed by atoms with Crippen LogP contribution in [0.15, 0.2) is 17.3 Å². The average molecular weight is 268 g/mol. The van der Waals surface area contributed by atoms with E-state index in [4.69, 9.17) is 5.73 Å². The summed E-state index contributed by atoms with van der Waals surface area (Å²) in [6.07, 6.45) is 6.99. The van der Waals surface area contributed by atoms with Crippen molar-refractivity contribution >= 4 is 16.0 Å². The molecule has 2 aliphatic carbocycles. The predicted molar refractivity (Wildman–Crippen MR) is 66.0 cm³/mol. The van der Waals surface area contributed by atoms with Crippen LogP contribution in [0.4, 0.5) is 5.95 Å². The molecule has 0 saturated heterocycles. The molecule has 2 bridgehead atoms. The Balaban J connectivity index is 1.77. The molecule has 3 atom stereocenters. The van der Waals surface area contributed by atoms with Gasteiger partial charge in [0.25, 0.3) is 0 Å². The van der Waals surface area contributed by atoms with Gasteiger partial charge in [0.2, 0.25) is 16.0 Å². The van der Waals surface area contributed by atoms with Crippen molar-refractivity contribution in [2.45, 2.75) is 36.6 Å². The first-order chi connectivity index (χ1) is 8.54. The summed E-state index contributed by atoms with van der Waals surface area (Å²) in [5.74, 6) is 1.28. The fraction of sp³-hybridized carbons (Fsp3) is 0.636. The molecule has 1 aromatic heterocycles. The van der Waals surface area contributed by atoms with Crippen LogP contribution in [-0.2, 0) is 10.0 Å². The van der Waals surface area contributed by atoms with Crippen LogP contribution < -0.4 is 10.5 Å². The van der Waals surface area contributed by atoms with E-state index in [1.54, 1.807) is 0 Å². The maximum Gasteiger partial charge on any atom is 0.243 e. The van der Waals surface area contributed by atoms with Crippen molar-refractivity contribution in [3.8, 4) is 0 Å². The van der Waals surface area contributed by atoms with Crippen LogP contribution in [0.1, 0.15) is 25.7 Å². The van der Waals surface area contributed by atoms with Gasteiger partial charge in [0.15, 0.2) is 0 Å². The van der Waals surface area contributed by atoms with Crippen molar-refractivity contribution in [1.82, 2.24) is 14.7 Å². The van der Waals surface area contributed by atoms with E-state index >= 15 is 0 Å². The first kappa shape index (κ1) is 11.9. The lowest BCUT2D eigenvalue weighted by atomic mass is 9.96. The molecular weight excluding hydrogens is 252 g/mol. The molecule has 1 heterocycles. The maximum absolute atomic E-state index is 12.1. The number of nitrogens with zero attached hydrogens (tertiary/aromatic N) is 2. The second-order valence-electron chi connectivity index (χ2n) is 5.18. The predicted octanol–water partition coefficient (Wildman–Crippen LogP) is 0.526. The van der Waals surface area contributed by atoms with Crippen molar-refractivity contribution in [3.63, 3.8) is 0 Å². The van der Waals surface area contributed by atoms with Gasteiger partial charge in [0.1, 0.15) is 4.90 Å². The Labute approximate surface area is 106 Å². The number of anilines is 1. The number of aromatic nitrogens is 2. The van der Waals surface area contributed by atoms with Gasteiger partial charge in [0.05, 0.1) is 12.4 Å². The Morgan fingerprint density at radius 2 is 1.94 bits per heavy atom. The fourth-order valence-corrected chi connectivity index (χ4v) is 4.33. The Hall–Kier alpha value is -1.21. The number of nitrogen functional groups attached to an aromatic ring is 1. The van der Waals surface area contributed by atoms with Crippen LogP contribution in [0.2, 0.25) is 0 Å². The molecule has 3 N–H and O–H groups in total. The van der Waals surface area contributed by atoms with Crippen LogP contribution in [0, 0.1) is 11.8 Å². The van der Waals surface area contributed by atoms with Crippen LogP contribution in [0.25, 0.3) is 0 Å². The van der Waals surface area contributed by atoms with Crippen LogP contribution in [-0.4, -0.2) is 24.4 Å². The molecule has 7 heteroatoms. The van der Waals surface area contributed by atoms with E-state index in [0.717, 1.165) is 19.3 Å². The third-order valence-corrected chi connectivity index (χ3v) is 5.45. The zero-order valence-corrected chi connectivity index (χ0v) is 10.7. The zero-order chi connectivity index (χ0) is 12.8. The molecule has 0 aliphatic heterocycles. The molecule has 2 aliphatic rings. The summed E-state index contributed by atoms with van der Waals surface area (Å²) in [4.78, 5) is 7.51. The Morgan fingerprint density at radius 3 is 2.50 bits per heavy atom. The molecule has 98 valence electrons. The van der Waals surface area contributed by atoms with Crippen LogP contribution in [0.3, 0.4) is 0 Å². The molecule has 1 aromatic rings. The van der Waals surface area contributed by atoms with E-state index in [1.807, 2.05) is 0 Å². The summed E-state index contributed by atoms with van der Waals surface area (Å²) >= 11 is 0. The Morgan fingerprint density at radius 1 is 1.22 bits per heavy atom. The van der Waals surface area contributed by atoms with Crippen molar-refractivity contribution < 1.29 is 8.42 Å². The van der Waals surface area contributed by atoms with Crippen molar-refractivity contribution in [2.75, 3.05) is 5.73 Å². The lowest BCUT2D eigenvalue weighted by Crippen LogP contribution is -2.38. The van der Waals surface area contributed by atoms with E-state index < -0.39 is 10.0 Å². The van der Waals surface area contributed by atoms with Crippen LogP contribution >= 0.6 is 0 Å². The average Bonchev–Trinajstić information content (AvgIpc) is 2.91. The highest BCUT2D eigenvalue weighted by Gasteiger charge is 2.41. The van der Waals surface area contributed by atoms with Gasteiger partial charge in [-0.1, -0.05) is 6.42 Å². The smallest absolute Gasteiger partial charge is 0.243 e. The van der Waals surface area contributed by atoms with Gasteiger partial charge in [-0.2, -0.15) is 0 Å². The topological polar surface area (TPSA) is 98.0 Å². The highest BCUT2D eigenvalue weighted by molar-refractivity contribution is 7.89. The summed E-state index contributed by atoms with van der Waals surface area (Å²) in [7, 11) is -3.51. The maximum atomic E-state index is 12.1. The number of nitrogens with two attached hydrogens (primary N) is 1. The summed E-state index contributed by atoms with van der Waals surface area (Å²) < 4.78 is 27.1. The van der Waals surface area contributed by atoms with E-state index in [-0.39, 0.29) is 16.9 Å². The molecular formula is C11H16N4O2S. The molecule has 18 heavy (non-hydrogen) atoms.